The van der Waals surface area contributed by atoms with Gasteiger partial charge in [-0.2, -0.15) is 0 Å². The average Bonchev–Trinajstić information content (AvgIpc) is 3.57. The van der Waals surface area contributed by atoms with Gasteiger partial charge in [-0.05, 0) is 53.8 Å². The number of anilines is 2. The van der Waals surface area contributed by atoms with Gasteiger partial charge in [-0.3, -0.25) is 9.59 Å². The lowest BCUT2D eigenvalue weighted by molar-refractivity contribution is -0.245. The summed E-state index contributed by atoms with van der Waals surface area (Å²) in [6, 6.07) is 31.2. The van der Waals surface area contributed by atoms with Gasteiger partial charge in [0.1, 0.15) is 0 Å². The van der Waals surface area contributed by atoms with Gasteiger partial charge in [0.2, 0.25) is 11.8 Å². The zero-order valence-electron chi connectivity index (χ0n) is 27.8. The number of fused-ring (bicyclic) bond motifs is 1. The van der Waals surface area contributed by atoms with E-state index in [1.807, 2.05) is 78.9 Å². The standard InChI is InChI=1S/C39H42N4O5S2/c40-31-8-4-5-9-32(31)42-37(46)13-3-1-2-12-36(45)41-23-26-14-20-29(21-15-26)38-47-30(22-34(48-38)28-18-16-27(24-44)17-19-28)25-49-39-43-33-10-6-7-11-35(33)50-39/h4-11,14-21,30,34,38,44H,1-3,12-13,22-25,40H2,(H,41,45)(H,42,46). The van der Waals surface area contributed by atoms with Gasteiger partial charge in [-0.15, -0.1) is 11.3 Å². The van der Waals surface area contributed by atoms with Gasteiger partial charge < -0.3 is 30.9 Å². The molecule has 1 aliphatic rings. The number of carbonyl (C=O) groups excluding carboxylic acids is 2. The van der Waals surface area contributed by atoms with Crippen LogP contribution < -0.4 is 16.4 Å². The molecule has 0 bridgehead atoms. The first-order valence-electron chi connectivity index (χ1n) is 16.9. The van der Waals surface area contributed by atoms with Crippen LogP contribution in [0.4, 0.5) is 11.4 Å². The van der Waals surface area contributed by atoms with E-state index in [4.69, 9.17) is 20.2 Å². The molecule has 9 nitrogen and oxygen atoms in total. The molecule has 5 aromatic rings. The molecule has 3 atom stereocenters. The zero-order chi connectivity index (χ0) is 34.7. The van der Waals surface area contributed by atoms with Crippen molar-refractivity contribution >= 4 is 56.5 Å². The van der Waals surface area contributed by atoms with E-state index in [1.54, 1.807) is 35.2 Å². The summed E-state index contributed by atoms with van der Waals surface area (Å²) in [5, 5.41) is 15.4. The Morgan fingerprint density at radius 2 is 1.54 bits per heavy atom. The molecule has 0 spiro atoms. The molecule has 1 aliphatic heterocycles. The maximum atomic E-state index is 12.5. The van der Waals surface area contributed by atoms with Crippen LogP contribution in [0.5, 0.6) is 0 Å². The second-order valence-corrected chi connectivity index (χ2v) is 14.6. The molecular weight excluding hydrogens is 669 g/mol. The molecule has 0 saturated carbocycles. The van der Waals surface area contributed by atoms with Crippen LogP contribution >= 0.6 is 23.1 Å². The fraction of sp³-hybridized carbons (Fsp3) is 0.308. The number of aromatic nitrogens is 1. The first-order valence-corrected chi connectivity index (χ1v) is 18.7. The summed E-state index contributed by atoms with van der Waals surface area (Å²) in [7, 11) is 0. The molecule has 0 aliphatic carbocycles. The number of thiazole rings is 1. The molecule has 5 N–H and O–H groups in total. The number of amides is 2. The van der Waals surface area contributed by atoms with Crippen LogP contribution in [0, 0.1) is 0 Å². The molecule has 4 aromatic carbocycles. The minimum Gasteiger partial charge on any atom is -0.397 e. The van der Waals surface area contributed by atoms with E-state index in [1.165, 1.54) is 4.70 Å². The number of hydrogen-bond acceptors (Lipinski definition) is 9. The number of nitrogen functional groups attached to an aromatic ring is 1. The fourth-order valence-corrected chi connectivity index (χ4v) is 7.87. The van der Waals surface area contributed by atoms with Crippen molar-refractivity contribution in [1.82, 2.24) is 10.3 Å². The van der Waals surface area contributed by atoms with E-state index in [2.05, 4.69) is 16.7 Å². The van der Waals surface area contributed by atoms with Gasteiger partial charge in [0, 0.05) is 37.1 Å². The third-order valence-corrected chi connectivity index (χ3v) is 10.9. The second kappa shape index (κ2) is 17.6. The van der Waals surface area contributed by atoms with E-state index < -0.39 is 6.29 Å². The Balaban J connectivity index is 0.980. The Hall–Kier alpha value is -4.26. The van der Waals surface area contributed by atoms with Crippen molar-refractivity contribution < 1.29 is 24.2 Å². The molecule has 1 fully saturated rings. The molecule has 1 aromatic heterocycles. The van der Waals surface area contributed by atoms with Crippen LogP contribution in [0.2, 0.25) is 0 Å². The number of aliphatic hydroxyl groups is 1. The SMILES string of the molecule is Nc1ccccc1NC(=O)CCCCCC(=O)NCc1ccc(C2OC(CSc3nc4ccccc4s3)CC(c3ccc(CO)cc3)O2)cc1. The molecule has 1 saturated heterocycles. The maximum Gasteiger partial charge on any atom is 0.224 e. The van der Waals surface area contributed by atoms with Crippen molar-refractivity contribution in [3.63, 3.8) is 0 Å². The summed E-state index contributed by atoms with van der Waals surface area (Å²) in [6.45, 7) is 0.422. The van der Waals surface area contributed by atoms with Gasteiger partial charge in [-0.25, -0.2) is 4.98 Å². The van der Waals surface area contributed by atoms with Crippen LogP contribution in [-0.4, -0.2) is 33.8 Å². The lowest BCUT2D eigenvalue weighted by Crippen LogP contribution is -2.31. The van der Waals surface area contributed by atoms with Crippen LogP contribution in [0.15, 0.2) is 101 Å². The average molecular weight is 711 g/mol. The minimum atomic E-state index is -0.553. The summed E-state index contributed by atoms with van der Waals surface area (Å²) in [4.78, 5) is 29.5. The molecular formula is C39H42N4O5S2. The highest BCUT2D eigenvalue weighted by Gasteiger charge is 2.32. The minimum absolute atomic E-state index is 0.00200. The van der Waals surface area contributed by atoms with E-state index in [0.717, 1.165) is 44.3 Å². The van der Waals surface area contributed by atoms with E-state index in [0.29, 0.717) is 50.0 Å². The van der Waals surface area contributed by atoms with Gasteiger partial charge in [0.05, 0.1) is 40.4 Å². The Morgan fingerprint density at radius 1 is 0.840 bits per heavy atom. The molecule has 3 unspecified atom stereocenters. The van der Waals surface area contributed by atoms with Crippen molar-refractivity contribution in [2.75, 3.05) is 16.8 Å². The molecule has 6 rings (SSSR count). The largest absolute Gasteiger partial charge is 0.397 e. The number of para-hydroxylation sites is 3. The third kappa shape index (κ3) is 9.92. The van der Waals surface area contributed by atoms with Crippen molar-refractivity contribution in [3.8, 4) is 0 Å². The van der Waals surface area contributed by atoms with E-state index in [-0.39, 0.29) is 30.6 Å². The van der Waals surface area contributed by atoms with Gasteiger partial charge in [0.15, 0.2) is 10.6 Å². The molecule has 0 radical (unpaired) electrons. The first kappa shape index (κ1) is 35.6. The molecule has 260 valence electrons. The number of nitrogens with two attached hydrogens (primary N) is 1. The van der Waals surface area contributed by atoms with Crippen molar-refractivity contribution in [1.29, 1.82) is 0 Å². The van der Waals surface area contributed by atoms with E-state index in [9.17, 15) is 14.7 Å². The Bertz CT molecular complexity index is 1830. The van der Waals surface area contributed by atoms with Crippen LogP contribution in [-0.2, 0) is 32.2 Å². The number of benzene rings is 4. The lowest BCUT2D eigenvalue weighted by atomic mass is 10.0. The Kier molecular flexibility index (Phi) is 12.5. The van der Waals surface area contributed by atoms with Crippen molar-refractivity contribution in [2.24, 2.45) is 0 Å². The number of nitrogens with one attached hydrogen (secondary N) is 2. The lowest BCUT2D eigenvalue weighted by Gasteiger charge is -2.36. The van der Waals surface area contributed by atoms with Crippen LogP contribution in [0.25, 0.3) is 10.2 Å². The van der Waals surface area contributed by atoms with Crippen molar-refractivity contribution in [2.45, 2.75) is 74.5 Å². The monoisotopic (exact) mass is 710 g/mol. The smallest absolute Gasteiger partial charge is 0.224 e. The number of hydrogen-bond donors (Lipinski definition) is 4. The molecule has 2 heterocycles. The number of carbonyl (C=O) groups is 2. The normalized spacial score (nSPS) is 17.4. The maximum absolute atomic E-state index is 12.5. The van der Waals surface area contributed by atoms with Gasteiger partial charge >= 0.3 is 0 Å². The summed E-state index contributed by atoms with van der Waals surface area (Å²) in [6.07, 6.45) is 2.91. The van der Waals surface area contributed by atoms with Crippen molar-refractivity contribution in [3.05, 3.63) is 119 Å². The summed E-state index contributed by atoms with van der Waals surface area (Å²) < 4.78 is 15.2. The van der Waals surface area contributed by atoms with Gasteiger partial charge in [0.25, 0.3) is 0 Å². The predicted octanol–water partition coefficient (Wildman–Crippen LogP) is 7.91. The Labute approximate surface area is 300 Å². The Morgan fingerprint density at radius 3 is 2.30 bits per heavy atom. The number of aliphatic hydroxyl groups excluding tert-OH is 1. The summed E-state index contributed by atoms with van der Waals surface area (Å²) >= 11 is 3.40. The highest BCUT2D eigenvalue weighted by Crippen LogP contribution is 2.40. The number of rotatable bonds is 15. The number of ether oxygens (including phenoxy) is 2. The first-order chi connectivity index (χ1) is 24.4. The predicted molar refractivity (Wildman–Crippen MR) is 200 cm³/mol. The number of unbranched alkanes of at least 4 members (excludes halogenated alkanes) is 2. The highest BCUT2D eigenvalue weighted by atomic mass is 32.2. The number of thioether (sulfide) groups is 1. The fourth-order valence-electron chi connectivity index (χ4n) is 5.75. The topological polar surface area (TPSA) is 136 Å². The third-order valence-electron chi connectivity index (χ3n) is 8.57. The summed E-state index contributed by atoms with van der Waals surface area (Å²) in [5.41, 5.74) is 11.9. The highest BCUT2D eigenvalue weighted by molar-refractivity contribution is 8.01. The van der Waals surface area contributed by atoms with E-state index >= 15 is 0 Å². The zero-order valence-corrected chi connectivity index (χ0v) is 29.4. The summed E-state index contributed by atoms with van der Waals surface area (Å²) in [5.74, 6) is 0.648. The molecule has 2 amide bonds. The van der Waals surface area contributed by atoms with Crippen LogP contribution in [0.1, 0.15) is 73.2 Å². The quantitative estimate of drug-likeness (QED) is 0.0489. The second-order valence-electron chi connectivity index (χ2n) is 12.3. The van der Waals surface area contributed by atoms with Gasteiger partial charge in [-0.1, -0.05) is 91.0 Å². The molecule has 11 heteroatoms. The van der Waals surface area contributed by atoms with Crippen LogP contribution in [0.3, 0.4) is 0 Å². The number of nitrogens with zero attached hydrogens (tertiary/aromatic N) is 1. The molecule has 50 heavy (non-hydrogen) atoms.